The van der Waals surface area contributed by atoms with Crippen molar-refractivity contribution in [3.63, 3.8) is 0 Å². The molecule has 0 atom stereocenters. The van der Waals surface area contributed by atoms with Crippen molar-refractivity contribution in [2.45, 2.75) is 102 Å². The zero-order valence-electron chi connectivity index (χ0n) is 15.5. The van der Waals surface area contributed by atoms with Crippen LogP contribution < -0.4 is 17.2 Å². The van der Waals surface area contributed by atoms with E-state index in [2.05, 4.69) is 0 Å². The van der Waals surface area contributed by atoms with Crippen LogP contribution in [0.1, 0.15) is 96.3 Å². The summed E-state index contributed by atoms with van der Waals surface area (Å²) in [6, 6.07) is 0.536. The van der Waals surface area contributed by atoms with E-state index in [1.54, 1.807) is 0 Å². The van der Waals surface area contributed by atoms with E-state index in [-0.39, 0.29) is 0 Å². The first-order valence-electron chi connectivity index (χ1n) is 10.4. The molecule has 3 aliphatic carbocycles. The molecule has 0 aromatic carbocycles. The monoisotopic (exact) mass is 325 g/mol. The molecule has 3 fully saturated rings. The number of hydrogen-bond acceptors (Lipinski definition) is 3. The maximum atomic E-state index is 5.63. The molecule has 0 aromatic heterocycles. The molecular formula is C20H43N3. The highest BCUT2D eigenvalue weighted by Crippen LogP contribution is 2.22. The van der Waals surface area contributed by atoms with Gasteiger partial charge in [0.15, 0.2) is 0 Å². The van der Waals surface area contributed by atoms with Crippen LogP contribution in [0.25, 0.3) is 0 Å². The van der Waals surface area contributed by atoms with E-state index >= 15 is 0 Å². The van der Waals surface area contributed by atoms with Gasteiger partial charge in [-0.2, -0.15) is 0 Å². The minimum Gasteiger partial charge on any atom is -0.330 e. The van der Waals surface area contributed by atoms with Crippen LogP contribution in [0.15, 0.2) is 0 Å². The van der Waals surface area contributed by atoms with E-state index in [1.165, 1.54) is 96.3 Å². The maximum Gasteiger partial charge on any atom is 0.00388 e. The van der Waals surface area contributed by atoms with E-state index < -0.39 is 0 Å². The van der Waals surface area contributed by atoms with Crippen LogP contribution in [0.2, 0.25) is 0 Å². The Morgan fingerprint density at radius 1 is 0.478 bits per heavy atom. The van der Waals surface area contributed by atoms with Crippen molar-refractivity contribution >= 4 is 0 Å². The quantitative estimate of drug-likeness (QED) is 0.707. The Labute approximate surface area is 145 Å². The highest BCUT2D eigenvalue weighted by atomic mass is 14.6. The van der Waals surface area contributed by atoms with Gasteiger partial charge in [0.05, 0.1) is 0 Å². The van der Waals surface area contributed by atoms with E-state index in [0.717, 1.165) is 24.9 Å². The van der Waals surface area contributed by atoms with Crippen LogP contribution in [0, 0.1) is 11.8 Å². The third kappa shape index (κ3) is 11.1. The van der Waals surface area contributed by atoms with Crippen molar-refractivity contribution in [2.75, 3.05) is 13.1 Å². The topological polar surface area (TPSA) is 78.1 Å². The zero-order valence-corrected chi connectivity index (χ0v) is 15.5. The van der Waals surface area contributed by atoms with Gasteiger partial charge in [0.2, 0.25) is 0 Å². The average Bonchev–Trinajstić information content (AvgIpc) is 2.65. The summed E-state index contributed by atoms with van der Waals surface area (Å²) in [6.45, 7) is 1.83. The third-order valence-electron chi connectivity index (χ3n) is 5.77. The average molecular weight is 326 g/mol. The molecule has 23 heavy (non-hydrogen) atoms. The molecule has 0 amide bonds. The highest BCUT2D eigenvalue weighted by molar-refractivity contribution is 4.67. The van der Waals surface area contributed by atoms with Gasteiger partial charge in [-0.25, -0.2) is 0 Å². The Bertz CT molecular complexity index is 221. The van der Waals surface area contributed by atoms with Gasteiger partial charge < -0.3 is 17.2 Å². The summed E-state index contributed by atoms with van der Waals surface area (Å²) in [5.74, 6) is 1.73. The third-order valence-corrected chi connectivity index (χ3v) is 5.77. The Morgan fingerprint density at radius 2 is 0.783 bits per heavy atom. The molecule has 0 radical (unpaired) electrons. The maximum absolute atomic E-state index is 5.63. The van der Waals surface area contributed by atoms with Gasteiger partial charge in [-0.1, -0.05) is 57.8 Å². The van der Waals surface area contributed by atoms with Gasteiger partial charge in [-0.3, -0.25) is 0 Å². The van der Waals surface area contributed by atoms with E-state index in [1.807, 2.05) is 0 Å². The summed E-state index contributed by atoms with van der Waals surface area (Å²) in [5, 5.41) is 0. The molecule has 0 heterocycles. The molecule has 3 aliphatic rings. The molecular weight excluding hydrogens is 282 g/mol. The smallest absolute Gasteiger partial charge is 0.00388 e. The molecule has 3 heteroatoms. The van der Waals surface area contributed by atoms with Crippen LogP contribution in [-0.2, 0) is 0 Å². The molecule has 138 valence electrons. The van der Waals surface area contributed by atoms with Crippen molar-refractivity contribution in [1.29, 1.82) is 0 Å². The van der Waals surface area contributed by atoms with Gasteiger partial charge >= 0.3 is 0 Å². The second kappa shape index (κ2) is 14.2. The van der Waals surface area contributed by atoms with Gasteiger partial charge in [-0.15, -0.1) is 0 Å². The van der Waals surface area contributed by atoms with E-state index in [9.17, 15) is 0 Å². The summed E-state index contributed by atoms with van der Waals surface area (Å²) in [5.41, 5.74) is 16.6. The predicted octanol–water partition coefficient (Wildman–Crippen LogP) is 4.33. The first-order valence-corrected chi connectivity index (χ1v) is 10.4. The second-order valence-corrected chi connectivity index (χ2v) is 7.88. The predicted molar refractivity (Wildman–Crippen MR) is 102 cm³/mol. The fraction of sp³-hybridized carbons (Fsp3) is 1.00. The highest BCUT2D eigenvalue weighted by Gasteiger charge is 2.10. The Kier molecular flexibility index (Phi) is 13.0. The SMILES string of the molecule is NC1CCCCC1.NCC1CCCCC1.NCC1CCCCC1. The molecule has 0 aliphatic heterocycles. The molecule has 0 saturated heterocycles. The summed E-state index contributed by atoms with van der Waals surface area (Å²) >= 11 is 0. The van der Waals surface area contributed by atoms with Gasteiger partial charge in [-0.05, 0) is 63.5 Å². The van der Waals surface area contributed by atoms with Gasteiger partial charge in [0.25, 0.3) is 0 Å². The Hall–Kier alpha value is -0.120. The molecule has 0 unspecified atom stereocenters. The lowest BCUT2D eigenvalue weighted by atomic mass is 9.90. The van der Waals surface area contributed by atoms with Crippen molar-refractivity contribution < 1.29 is 0 Å². The fourth-order valence-corrected chi connectivity index (χ4v) is 3.98. The molecule has 3 rings (SSSR count). The van der Waals surface area contributed by atoms with Crippen LogP contribution >= 0.6 is 0 Å². The number of rotatable bonds is 2. The molecule has 0 spiro atoms. The molecule has 3 nitrogen and oxygen atoms in total. The first-order chi connectivity index (χ1) is 11.3. The molecule has 0 aromatic rings. The Morgan fingerprint density at radius 3 is 0.957 bits per heavy atom. The van der Waals surface area contributed by atoms with Crippen LogP contribution in [0.3, 0.4) is 0 Å². The standard InChI is InChI=1S/2C7H15N.C6H13N/c2*8-6-7-4-2-1-3-5-7;7-6-4-2-1-3-5-6/h2*7H,1-6,8H2;6H,1-5,7H2. The van der Waals surface area contributed by atoms with E-state index in [4.69, 9.17) is 17.2 Å². The summed E-state index contributed by atoms with van der Waals surface area (Å²) in [6.07, 6.45) is 20.8. The lowest BCUT2D eigenvalue weighted by Crippen LogP contribution is -2.22. The Balaban J connectivity index is 0.000000173. The zero-order chi connectivity index (χ0) is 16.8. The van der Waals surface area contributed by atoms with Crippen LogP contribution in [-0.4, -0.2) is 19.1 Å². The van der Waals surface area contributed by atoms with Crippen molar-refractivity contribution in [3.8, 4) is 0 Å². The number of hydrogen-bond donors (Lipinski definition) is 3. The largest absolute Gasteiger partial charge is 0.330 e. The lowest BCUT2D eigenvalue weighted by Gasteiger charge is -2.18. The number of nitrogens with two attached hydrogens (primary N) is 3. The molecule has 6 N–H and O–H groups in total. The minimum atomic E-state index is 0.536. The van der Waals surface area contributed by atoms with Crippen LogP contribution in [0.4, 0.5) is 0 Å². The normalized spacial score (nSPS) is 24.1. The summed E-state index contributed by atoms with van der Waals surface area (Å²) in [4.78, 5) is 0. The van der Waals surface area contributed by atoms with Crippen LogP contribution in [0.5, 0.6) is 0 Å². The summed E-state index contributed by atoms with van der Waals surface area (Å²) < 4.78 is 0. The van der Waals surface area contributed by atoms with Gasteiger partial charge in [0.1, 0.15) is 0 Å². The van der Waals surface area contributed by atoms with Crippen molar-refractivity contribution in [3.05, 3.63) is 0 Å². The molecule has 0 bridgehead atoms. The van der Waals surface area contributed by atoms with Crippen molar-refractivity contribution in [2.24, 2.45) is 29.0 Å². The van der Waals surface area contributed by atoms with Crippen molar-refractivity contribution in [1.82, 2.24) is 0 Å². The minimum absolute atomic E-state index is 0.536. The fourth-order valence-electron chi connectivity index (χ4n) is 3.98. The molecule has 3 saturated carbocycles. The second-order valence-electron chi connectivity index (χ2n) is 7.88. The van der Waals surface area contributed by atoms with Gasteiger partial charge in [0, 0.05) is 6.04 Å². The lowest BCUT2D eigenvalue weighted by molar-refractivity contribution is 0.366. The summed E-state index contributed by atoms with van der Waals surface area (Å²) in [7, 11) is 0. The van der Waals surface area contributed by atoms with E-state index in [0.29, 0.717) is 6.04 Å². The first kappa shape index (κ1) is 20.9.